The number of hydrogen-bond acceptors (Lipinski definition) is 24. The lowest BCUT2D eigenvalue weighted by molar-refractivity contribution is -0.381. The molecule has 23 atom stereocenters. The Bertz CT molecular complexity index is 4000. The molecule has 0 radical (unpaired) electrons. The predicted molar refractivity (Wildman–Crippen MR) is 429 cm³/mol. The number of benzene rings is 3. The first-order chi connectivity index (χ1) is 53.7. The third-order valence-corrected chi connectivity index (χ3v) is 25.4. The van der Waals surface area contributed by atoms with Crippen LogP contribution in [0.2, 0.25) is 0 Å². The summed E-state index contributed by atoms with van der Waals surface area (Å²) in [5, 5.41) is 0. The average molecular weight is 1710 g/mol. The Balaban J connectivity index is 1.12. The molecule has 3 aromatic carbocycles. The lowest BCUT2D eigenvalue weighted by Gasteiger charge is -2.58. The Labute approximate surface area is 691 Å². The van der Waals surface area contributed by atoms with Gasteiger partial charge in [0.2, 0.25) is 0 Å². The highest BCUT2D eigenvalue weighted by atomic mass is 127. The Morgan fingerprint density at radius 3 is 1.43 bits per heavy atom. The van der Waals surface area contributed by atoms with Gasteiger partial charge in [0.05, 0.1) is 56.0 Å². The molecule has 10 rings (SSSR count). The minimum absolute atomic E-state index is 0.0517. The molecule has 0 aromatic heterocycles. The van der Waals surface area contributed by atoms with Gasteiger partial charge in [0.15, 0.2) is 61.6 Å². The summed E-state index contributed by atoms with van der Waals surface area (Å²) in [6.45, 7) is 33.3. The largest absolute Gasteiger partial charge is 0.462 e. The molecule has 3 aromatic rings. The van der Waals surface area contributed by atoms with Gasteiger partial charge in [-0.05, 0) is 227 Å². The average Bonchev–Trinajstić information content (AvgIpc) is 1.62. The van der Waals surface area contributed by atoms with Gasteiger partial charge in [0.1, 0.15) is 43.1 Å². The maximum Gasteiger partial charge on any atom is 0.338 e. The van der Waals surface area contributed by atoms with Crippen LogP contribution >= 0.6 is 22.6 Å². The summed E-state index contributed by atoms with van der Waals surface area (Å²) in [4.78, 5) is 145. The molecule has 24 nitrogen and oxygen atoms in total. The zero-order chi connectivity index (χ0) is 84.4. The van der Waals surface area contributed by atoms with Crippen molar-refractivity contribution < 1.29 is 114 Å². The number of rotatable bonds is 25. The maximum atomic E-state index is 15.4. The molecule has 3 heterocycles. The first-order valence-electron chi connectivity index (χ1n) is 40.7. The molecule has 7 aliphatic rings. The Morgan fingerprint density at radius 2 is 0.913 bits per heavy atom. The highest BCUT2D eigenvalue weighted by Gasteiger charge is 2.65. The smallest absolute Gasteiger partial charge is 0.338 e. The second-order valence-electron chi connectivity index (χ2n) is 38.3. The number of Topliss-reactive ketones (excluding diaryl/α,β-unsaturated/α-hetero) is 2. The van der Waals surface area contributed by atoms with Crippen LogP contribution in [0.4, 0.5) is 0 Å². The van der Waals surface area contributed by atoms with Gasteiger partial charge in [-0.15, -0.1) is 0 Å². The molecule has 3 saturated carbocycles. The number of carbonyl (C=O) groups is 10. The fourth-order valence-corrected chi connectivity index (χ4v) is 17.4. The van der Waals surface area contributed by atoms with Crippen LogP contribution in [0.15, 0.2) is 103 Å². The van der Waals surface area contributed by atoms with Crippen LogP contribution in [0.5, 0.6) is 0 Å². The van der Waals surface area contributed by atoms with Crippen LogP contribution in [-0.4, -0.2) is 169 Å². The predicted octanol–water partition coefficient (Wildman–Crippen LogP) is 14.9. The summed E-state index contributed by atoms with van der Waals surface area (Å²) < 4.78 is 95.1. The van der Waals surface area contributed by atoms with Crippen LogP contribution in [-0.2, 0) is 99.9 Å². The summed E-state index contributed by atoms with van der Waals surface area (Å²) in [6, 6.07) is 23.9. The number of esters is 8. The molecule has 0 N–H and O–H groups in total. The quantitative estimate of drug-likeness (QED) is 0.0250. The lowest BCUT2D eigenvalue weighted by Crippen LogP contribution is -2.68. The van der Waals surface area contributed by atoms with Gasteiger partial charge in [0.25, 0.3) is 0 Å². The molecule has 3 saturated heterocycles. The van der Waals surface area contributed by atoms with Crippen molar-refractivity contribution in [1.29, 1.82) is 0 Å². The summed E-state index contributed by atoms with van der Waals surface area (Å²) in [7, 11) is 0. The summed E-state index contributed by atoms with van der Waals surface area (Å²) in [5.41, 5.74) is -5.39. The molecule has 6 fully saturated rings. The van der Waals surface area contributed by atoms with E-state index in [9.17, 15) is 43.2 Å². The molecule has 0 unspecified atom stereocenters. The number of hydrogen-bond donors (Lipinski definition) is 0. The first kappa shape index (κ1) is 90.3. The number of carbonyl (C=O) groups excluding carboxylic acids is 10. The minimum Gasteiger partial charge on any atom is -0.462 e. The fourth-order valence-electron chi connectivity index (χ4n) is 17.0. The van der Waals surface area contributed by atoms with Gasteiger partial charge in [-0.25, -0.2) is 14.4 Å². The van der Waals surface area contributed by atoms with Gasteiger partial charge in [-0.2, -0.15) is 0 Å². The van der Waals surface area contributed by atoms with Crippen LogP contribution in [0.25, 0.3) is 0 Å². The van der Waals surface area contributed by atoms with Gasteiger partial charge >= 0.3 is 47.8 Å². The highest BCUT2D eigenvalue weighted by Crippen LogP contribution is 2.67. The second kappa shape index (κ2) is 36.3. The van der Waals surface area contributed by atoms with E-state index in [4.69, 9.17) is 66.3 Å². The van der Waals surface area contributed by atoms with Gasteiger partial charge in [-0.3, -0.25) is 33.6 Å². The van der Waals surface area contributed by atoms with E-state index in [0.717, 1.165) is 29.3 Å². The Kier molecular flexibility index (Phi) is 28.5. The summed E-state index contributed by atoms with van der Waals surface area (Å²) in [5.74, 6) is -6.21. The van der Waals surface area contributed by atoms with Crippen LogP contribution in [0, 0.1) is 73.4 Å². The number of ether oxygens (including phenoxy) is 14. The van der Waals surface area contributed by atoms with Crippen LogP contribution in [0.1, 0.15) is 227 Å². The Hall–Kier alpha value is -7.01. The second-order valence-corrected chi connectivity index (χ2v) is 39.1. The van der Waals surface area contributed by atoms with Crippen molar-refractivity contribution in [2.75, 3.05) is 17.6 Å². The first-order valence-corrected chi connectivity index (χ1v) is 42.3. The zero-order valence-electron chi connectivity index (χ0n) is 70.5. The zero-order valence-corrected chi connectivity index (χ0v) is 72.7. The molecule has 632 valence electrons. The standard InChI is InChI=1S/C90H121IO24/c1-49(46-91)36-39-60(92)50(2)64-61(93)45-59-57-38-37-55-44-56(40-42-89(55,19)58(57)41-43-90(59,64)20)105-77-71(111-76-72(115-83(101)88(16,17)18)68(113-81(99)86(10,11)12)65(51(3)104-76)112-80(98)85(7,8)9)69(114-82(100)87(13,14)15)66(63(106-77)48-103-79(97)84(4,5)6)110-78-70(109-75(96)54-34-28-23-29-35-54)67(108-74(95)53-32-26-22-27-33-53)62(107-78)47-102-73(94)52-30-24-21-25-31-52/h21-35,37,49-51,56-59,62-72,76-78H,36,38-48H2,1-20H3/t49-,50-,51+,56+,57-,58+,59+,62+,63-,64+,65+,66-,67+,68-,69+,70-,71-,72-,76+,77-,78+,89+,90+/m1/s1. The van der Waals surface area contributed by atoms with Crippen molar-refractivity contribution >= 4 is 81.9 Å². The molecule has 0 spiro atoms. The molecule has 3 aliphatic heterocycles. The van der Waals surface area contributed by atoms with E-state index in [1.165, 1.54) is 36.4 Å². The molecular formula is C90H121IO24. The normalized spacial score (nSPS) is 32.1. The summed E-state index contributed by atoms with van der Waals surface area (Å²) in [6.07, 6.45) is -17.0. The van der Waals surface area contributed by atoms with E-state index >= 15 is 4.79 Å². The van der Waals surface area contributed by atoms with Gasteiger partial charge in [-0.1, -0.05) is 117 Å². The molecule has 115 heavy (non-hydrogen) atoms. The number of fused-ring (bicyclic) bond motifs is 5. The van der Waals surface area contributed by atoms with Gasteiger partial charge in [0, 0.05) is 29.1 Å². The van der Waals surface area contributed by atoms with E-state index < -0.39 is 186 Å². The SMILES string of the molecule is C[C@@H](CI)CCC(=O)[C@@H](C)[C@H]1C(=O)C[C@H]2[C@@H]3CC=C4C[C@@H](O[C@@H]5O[C@H](COC(=O)C(C)(C)C)[C@@H](O[C@@H]6O[C@@H](COC(=O)c7ccccc7)[C@H](OC(=O)c7ccccc7)[C@H]6OC(=O)c6ccccc6)[C@H](OC(=O)C(C)(C)C)[C@H]5O[C@@H]5O[C@@H](C)[C@H](OC(=O)C(C)(C)C)[C@@H](OC(=O)C(C)(C)C)[C@H]5OC(=O)C(C)(C)C)CC[C@]4(C)[C@H]3CC[C@]12C. The van der Waals surface area contributed by atoms with Crippen molar-refractivity contribution in [3.63, 3.8) is 0 Å². The Morgan fingerprint density at radius 1 is 0.478 bits per heavy atom. The van der Waals surface area contributed by atoms with Crippen LogP contribution < -0.4 is 0 Å². The van der Waals surface area contributed by atoms with E-state index in [2.05, 4.69) is 49.4 Å². The van der Waals surface area contributed by atoms with E-state index in [-0.39, 0.29) is 62.8 Å². The van der Waals surface area contributed by atoms with Crippen molar-refractivity contribution in [2.24, 2.45) is 73.4 Å². The fraction of sp³-hybridized carbons (Fsp3) is 0.667. The molecule has 25 heteroatoms. The molecule has 0 amide bonds. The highest BCUT2D eigenvalue weighted by molar-refractivity contribution is 14.1. The number of halogens is 1. The maximum absolute atomic E-state index is 15.4. The lowest BCUT2D eigenvalue weighted by atomic mass is 9.47. The number of allylic oxidation sites excluding steroid dienone is 1. The topological polar surface area (TPSA) is 300 Å². The van der Waals surface area contributed by atoms with Crippen molar-refractivity contribution in [3.05, 3.63) is 119 Å². The number of alkyl halides is 1. The van der Waals surface area contributed by atoms with Crippen molar-refractivity contribution in [1.82, 2.24) is 0 Å². The van der Waals surface area contributed by atoms with Crippen LogP contribution in [0.3, 0.4) is 0 Å². The monoisotopic (exact) mass is 1710 g/mol. The van der Waals surface area contributed by atoms with E-state index in [1.807, 2.05) is 6.92 Å². The third-order valence-electron chi connectivity index (χ3n) is 23.9. The van der Waals surface area contributed by atoms with Gasteiger partial charge < -0.3 is 66.3 Å². The molecule has 4 aliphatic carbocycles. The van der Waals surface area contributed by atoms with E-state index in [0.29, 0.717) is 44.4 Å². The van der Waals surface area contributed by atoms with Crippen molar-refractivity contribution in [2.45, 2.75) is 288 Å². The van der Waals surface area contributed by atoms with Crippen molar-refractivity contribution in [3.8, 4) is 0 Å². The third kappa shape index (κ3) is 21.0. The van der Waals surface area contributed by atoms with E-state index in [1.54, 1.807) is 165 Å². The molecular weight excluding hydrogens is 1590 g/mol. The number of ketones is 2. The molecule has 0 bridgehead atoms. The minimum atomic E-state index is -1.93. The summed E-state index contributed by atoms with van der Waals surface area (Å²) >= 11 is 2.36.